The van der Waals surface area contributed by atoms with Gasteiger partial charge in [-0.15, -0.1) is 10.2 Å². The first-order valence-electron chi connectivity index (χ1n) is 12.3. The lowest BCUT2D eigenvalue weighted by atomic mass is 10.2. The van der Waals surface area contributed by atoms with Gasteiger partial charge in [-0.05, 0) is 43.9 Å². The average Bonchev–Trinajstić information content (AvgIpc) is 3.21. The fraction of sp³-hybridized carbons (Fsp3) is 0.464. The lowest BCUT2D eigenvalue weighted by Gasteiger charge is -2.12. The van der Waals surface area contributed by atoms with Crippen molar-refractivity contribution in [3.8, 4) is 0 Å². The van der Waals surface area contributed by atoms with Crippen LogP contribution in [0.25, 0.3) is 0 Å². The van der Waals surface area contributed by atoms with Crippen LogP contribution in [0.4, 0.5) is 0 Å². The average molecular weight is 499 g/mol. The monoisotopic (exact) mass is 498 g/mol. The third kappa shape index (κ3) is 12.5. The fourth-order valence-corrected chi connectivity index (χ4v) is 4.05. The van der Waals surface area contributed by atoms with E-state index in [0.29, 0.717) is 25.4 Å². The summed E-state index contributed by atoms with van der Waals surface area (Å²) in [5, 5.41) is 12.6. The lowest BCUT2D eigenvalue weighted by molar-refractivity contribution is -0.121. The maximum absolute atomic E-state index is 11.9. The molecule has 35 heavy (non-hydrogen) atoms. The predicted molar refractivity (Wildman–Crippen MR) is 147 cm³/mol. The Kier molecular flexibility index (Phi) is 15.2. The molecule has 2 aromatic rings. The van der Waals surface area contributed by atoms with Gasteiger partial charge in [0.2, 0.25) is 5.91 Å². The van der Waals surface area contributed by atoms with Crippen molar-refractivity contribution < 1.29 is 9.53 Å². The predicted octanol–water partition coefficient (Wildman–Crippen LogP) is 6.27. The lowest BCUT2D eigenvalue weighted by Crippen LogP contribution is -2.24. The van der Waals surface area contributed by atoms with Crippen LogP contribution in [0.1, 0.15) is 57.5 Å². The molecular weight excluding hydrogens is 456 g/mol. The summed E-state index contributed by atoms with van der Waals surface area (Å²) in [4.78, 5) is 11.9. The highest BCUT2D eigenvalue weighted by molar-refractivity contribution is 7.98. The highest BCUT2D eigenvalue weighted by Crippen LogP contribution is 2.24. The minimum atomic E-state index is 0.0833. The van der Waals surface area contributed by atoms with Crippen LogP contribution in [-0.2, 0) is 28.2 Å². The molecule has 1 aromatic heterocycles. The van der Waals surface area contributed by atoms with Crippen molar-refractivity contribution in [2.24, 2.45) is 5.92 Å². The molecule has 1 aromatic carbocycles. The van der Waals surface area contributed by atoms with Crippen molar-refractivity contribution in [1.29, 1.82) is 0 Å². The van der Waals surface area contributed by atoms with E-state index in [4.69, 9.17) is 4.74 Å². The number of nitrogens with zero attached hydrogens (tertiary/aromatic N) is 3. The molecule has 0 unspecified atom stereocenters. The van der Waals surface area contributed by atoms with Crippen LogP contribution < -0.4 is 5.32 Å². The van der Waals surface area contributed by atoms with E-state index < -0.39 is 0 Å². The first-order valence-corrected chi connectivity index (χ1v) is 13.3. The number of aromatic nitrogens is 3. The molecule has 0 bridgehead atoms. The SMILES string of the molecule is C=C/C=C(\C=C)OCC.CCCNC(=O)CCc1nnc(SCc2cccc(C)c2)n1CC(C)C. The summed E-state index contributed by atoms with van der Waals surface area (Å²) in [5.41, 5.74) is 2.56. The molecule has 7 heteroatoms. The second-order valence-electron chi connectivity index (χ2n) is 8.47. The van der Waals surface area contributed by atoms with E-state index in [1.807, 2.05) is 6.92 Å². The van der Waals surface area contributed by atoms with Crippen molar-refractivity contribution in [3.63, 3.8) is 0 Å². The minimum Gasteiger partial charge on any atom is -0.494 e. The number of thioether (sulfide) groups is 1. The summed E-state index contributed by atoms with van der Waals surface area (Å²) in [6.45, 7) is 19.8. The quantitative estimate of drug-likeness (QED) is 0.189. The van der Waals surface area contributed by atoms with Gasteiger partial charge in [-0.1, -0.05) is 81.6 Å². The highest BCUT2D eigenvalue weighted by atomic mass is 32.2. The Balaban J connectivity index is 0.000000579. The van der Waals surface area contributed by atoms with Crippen molar-refractivity contribution >= 4 is 17.7 Å². The first kappa shape index (κ1) is 30.2. The number of carbonyl (C=O) groups is 1. The zero-order valence-corrected chi connectivity index (χ0v) is 22.9. The Hall–Kier alpha value is -2.80. The summed E-state index contributed by atoms with van der Waals surface area (Å²) < 4.78 is 7.28. The first-order chi connectivity index (χ1) is 16.8. The Morgan fingerprint density at radius 3 is 2.63 bits per heavy atom. The van der Waals surface area contributed by atoms with Crippen molar-refractivity contribution in [2.75, 3.05) is 13.2 Å². The number of ether oxygens (including phenoxy) is 1. The number of nitrogens with one attached hydrogen (secondary N) is 1. The Bertz CT molecular complexity index is 950. The Labute approximate surface area is 215 Å². The van der Waals surface area contributed by atoms with Crippen LogP contribution in [0, 0.1) is 12.8 Å². The number of carbonyl (C=O) groups excluding carboxylic acids is 1. The van der Waals surface area contributed by atoms with Crippen LogP contribution >= 0.6 is 11.8 Å². The van der Waals surface area contributed by atoms with Crippen LogP contribution in [0.3, 0.4) is 0 Å². The molecule has 192 valence electrons. The number of hydrogen-bond acceptors (Lipinski definition) is 5. The van der Waals surface area contributed by atoms with Crippen LogP contribution in [-0.4, -0.2) is 33.8 Å². The number of amides is 1. The Morgan fingerprint density at radius 1 is 1.26 bits per heavy atom. The van der Waals surface area contributed by atoms with Gasteiger partial charge in [0.1, 0.15) is 11.6 Å². The van der Waals surface area contributed by atoms with Gasteiger partial charge in [-0.25, -0.2) is 0 Å². The maximum atomic E-state index is 11.9. The van der Waals surface area contributed by atoms with Gasteiger partial charge in [-0.3, -0.25) is 4.79 Å². The summed E-state index contributed by atoms with van der Waals surface area (Å²) >= 11 is 1.71. The molecule has 1 N–H and O–H groups in total. The van der Waals surface area contributed by atoms with Crippen molar-refractivity contribution in [2.45, 2.75) is 71.3 Å². The standard InChI is InChI=1S/C20H30N4OS.C8H12O/c1-5-11-21-19(25)10-9-18-22-23-20(24(18)13-15(2)3)26-14-17-8-6-7-16(4)12-17;1-4-7-8(5-2)9-6-3/h6-8,12,15H,5,9-11,13-14H2,1-4H3,(H,21,25);4-5,7H,1-2,6H2,3H3/b;8-7+. The van der Waals surface area contributed by atoms with Crippen LogP contribution in [0.15, 0.2) is 66.6 Å². The molecule has 0 saturated heterocycles. The molecule has 0 fully saturated rings. The number of allylic oxidation sites excluding steroid dienone is 3. The molecule has 0 aliphatic rings. The third-order valence-corrected chi connectivity index (χ3v) is 5.77. The molecule has 1 amide bonds. The van der Waals surface area contributed by atoms with Crippen molar-refractivity contribution in [1.82, 2.24) is 20.1 Å². The topological polar surface area (TPSA) is 69.0 Å². The highest BCUT2D eigenvalue weighted by Gasteiger charge is 2.15. The normalized spacial score (nSPS) is 11.0. The fourth-order valence-electron chi connectivity index (χ4n) is 3.15. The smallest absolute Gasteiger partial charge is 0.220 e. The minimum absolute atomic E-state index is 0.0833. The molecule has 0 aliphatic heterocycles. The second kappa shape index (κ2) is 17.6. The maximum Gasteiger partial charge on any atom is 0.220 e. The van der Waals surface area contributed by atoms with Gasteiger partial charge in [0.05, 0.1) is 6.61 Å². The van der Waals surface area contributed by atoms with Gasteiger partial charge < -0.3 is 14.6 Å². The molecule has 6 nitrogen and oxygen atoms in total. The van der Waals surface area contributed by atoms with Gasteiger partial charge >= 0.3 is 0 Å². The summed E-state index contributed by atoms with van der Waals surface area (Å²) in [6, 6.07) is 8.54. The van der Waals surface area contributed by atoms with E-state index in [1.165, 1.54) is 11.1 Å². The zero-order valence-electron chi connectivity index (χ0n) is 22.0. The van der Waals surface area contributed by atoms with Crippen LogP contribution in [0.5, 0.6) is 0 Å². The van der Waals surface area contributed by atoms with E-state index in [9.17, 15) is 4.79 Å². The number of benzene rings is 1. The molecule has 2 rings (SSSR count). The van der Waals surface area contributed by atoms with E-state index in [2.05, 4.69) is 85.2 Å². The van der Waals surface area contributed by atoms with E-state index >= 15 is 0 Å². The van der Waals surface area contributed by atoms with Gasteiger partial charge in [0.15, 0.2) is 5.16 Å². The molecule has 0 aliphatic carbocycles. The molecule has 1 heterocycles. The summed E-state index contributed by atoms with van der Waals surface area (Å²) in [6.07, 6.45) is 7.14. The summed E-state index contributed by atoms with van der Waals surface area (Å²) in [5.74, 6) is 3.12. The van der Waals surface area contributed by atoms with Gasteiger partial charge in [-0.2, -0.15) is 0 Å². The third-order valence-electron chi connectivity index (χ3n) is 4.73. The number of rotatable bonds is 14. The molecule has 0 spiro atoms. The van der Waals surface area contributed by atoms with E-state index in [0.717, 1.165) is 42.0 Å². The largest absolute Gasteiger partial charge is 0.494 e. The van der Waals surface area contributed by atoms with Gasteiger partial charge in [0, 0.05) is 31.7 Å². The van der Waals surface area contributed by atoms with Crippen LogP contribution in [0.2, 0.25) is 0 Å². The van der Waals surface area contributed by atoms with E-state index in [1.54, 1.807) is 30.0 Å². The van der Waals surface area contributed by atoms with Gasteiger partial charge in [0.25, 0.3) is 0 Å². The van der Waals surface area contributed by atoms with Crippen molar-refractivity contribution in [3.05, 3.63) is 78.4 Å². The molecule has 0 radical (unpaired) electrons. The zero-order chi connectivity index (χ0) is 26.1. The Morgan fingerprint density at radius 2 is 2.03 bits per heavy atom. The number of aryl methyl sites for hydroxylation is 2. The summed E-state index contributed by atoms with van der Waals surface area (Å²) in [7, 11) is 0. The second-order valence-corrected chi connectivity index (χ2v) is 9.42. The molecule has 0 atom stereocenters. The van der Waals surface area contributed by atoms with E-state index in [-0.39, 0.29) is 5.91 Å². The molecular formula is C28H42N4O2S. The molecule has 0 saturated carbocycles. The number of hydrogen-bond donors (Lipinski definition) is 1.